The van der Waals surface area contributed by atoms with Crippen molar-refractivity contribution in [3.63, 3.8) is 0 Å². The highest BCUT2D eigenvalue weighted by Crippen LogP contribution is 2.21. The van der Waals surface area contributed by atoms with E-state index >= 15 is 0 Å². The van der Waals surface area contributed by atoms with Crippen LogP contribution in [0.15, 0.2) is 24.3 Å². The first-order valence-electron chi connectivity index (χ1n) is 7.56. The van der Waals surface area contributed by atoms with Gasteiger partial charge in [0.2, 0.25) is 11.9 Å². The first-order chi connectivity index (χ1) is 11.4. The van der Waals surface area contributed by atoms with Gasteiger partial charge in [-0.05, 0) is 6.07 Å². The summed E-state index contributed by atoms with van der Waals surface area (Å²) in [5.41, 5.74) is 0.593. The molecule has 1 aromatic carbocycles. The van der Waals surface area contributed by atoms with Crippen molar-refractivity contribution in [2.45, 2.75) is 32.9 Å². The van der Waals surface area contributed by atoms with Crippen LogP contribution in [-0.4, -0.2) is 35.7 Å². The van der Waals surface area contributed by atoms with Crippen LogP contribution in [0, 0.1) is 0 Å². The molecule has 0 aliphatic heterocycles. The highest BCUT2D eigenvalue weighted by atomic mass is 19.3. The molecule has 0 atom stereocenters. The third-order valence-electron chi connectivity index (χ3n) is 3.18. The fourth-order valence-corrected chi connectivity index (χ4v) is 1.95. The van der Waals surface area contributed by atoms with Crippen LogP contribution in [0.5, 0.6) is 5.75 Å². The molecule has 0 bridgehead atoms. The summed E-state index contributed by atoms with van der Waals surface area (Å²) in [7, 11) is 3.68. The molecule has 1 heterocycles. The van der Waals surface area contributed by atoms with E-state index in [1.807, 2.05) is 27.9 Å². The summed E-state index contributed by atoms with van der Waals surface area (Å²) in [6.07, 6.45) is 0. The maximum Gasteiger partial charge on any atom is 0.387 e. The summed E-state index contributed by atoms with van der Waals surface area (Å²) in [6, 6.07) is 6.61. The predicted molar refractivity (Wildman–Crippen MR) is 88.6 cm³/mol. The monoisotopic (exact) mass is 337 g/mol. The van der Waals surface area contributed by atoms with Crippen LogP contribution in [0.25, 0.3) is 0 Å². The molecule has 0 unspecified atom stereocenters. The quantitative estimate of drug-likeness (QED) is 0.836. The molecule has 6 nitrogen and oxygen atoms in total. The van der Waals surface area contributed by atoms with E-state index in [0.717, 1.165) is 0 Å². The van der Waals surface area contributed by atoms with Gasteiger partial charge in [-0.15, -0.1) is 0 Å². The van der Waals surface area contributed by atoms with E-state index in [4.69, 9.17) is 0 Å². The zero-order chi connectivity index (χ0) is 17.7. The third kappa shape index (κ3) is 4.74. The topological polar surface area (TPSA) is 63.2 Å². The number of anilines is 2. The molecule has 0 saturated heterocycles. The van der Waals surface area contributed by atoms with Crippen molar-refractivity contribution in [3.8, 4) is 5.75 Å². The van der Waals surface area contributed by atoms with E-state index in [1.165, 1.54) is 6.07 Å². The van der Waals surface area contributed by atoms with Crippen molar-refractivity contribution in [1.82, 2.24) is 15.0 Å². The van der Waals surface area contributed by atoms with E-state index in [2.05, 4.69) is 25.0 Å². The summed E-state index contributed by atoms with van der Waals surface area (Å²) in [6.45, 7) is 1.38. The first kappa shape index (κ1) is 17.8. The zero-order valence-corrected chi connectivity index (χ0v) is 14.1. The molecule has 24 heavy (non-hydrogen) atoms. The number of ether oxygens (including phenoxy) is 1. The van der Waals surface area contributed by atoms with E-state index < -0.39 is 6.61 Å². The van der Waals surface area contributed by atoms with Gasteiger partial charge >= 0.3 is 6.61 Å². The fourth-order valence-electron chi connectivity index (χ4n) is 1.95. The van der Waals surface area contributed by atoms with Crippen LogP contribution in [0.2, 0.25) is 0 Å². The number of aromatic nitrogens is 3. The van der Waals surface area contributed by atoms with Gasteiger partial charge in [0.05, 0.1) is 0 Å². The number of hydrogen-bond acceptors (Lipinski definition) is 6. The number of benzene rings is 1. The van der Waals surface area contributed by atoms with Gasteiger partial charge in [-0.25, -0.2) is 0 Å². The van der Waals surface area contributed by atoms with Crippen LogP contribution in [0.4, 0.5) is 20.7 Å². The molecule has 0 radical (unpaired) electrons. The lowest BCUT2D eigenvalue weighted by molar-refractivity contribution is -0.0504. The second kappa shape index (κ2) is 7.85. The lowest BCUT2D eigenvalue weighted by atomic mass is 10.2. The molecule has 0 spiro atoms. The SMILES string of the molecule is CC(C)c1nc(NCc2ccccc2OC(F)F)nc(N(C)C)n1. The Labute approximate surface area is 139 Å². The average molecular weight is 337 g/mol. The predicted octanol–water partition coefficient (Wildman–Crippen LogP) is 3.27. The number of halogens is 2. The Balaban J connectivity index is 2.20. The molecular weight excluding hydrogens is 316 g/mol. The Morgan fingerprint density at radius 2 is 1.83 bits per heavy atom. The van der Waals surface area contributed by atoms with Gasteiger partial charge in [0.25, 0.3) is 0 Å². The summed E-state index contributed by atoms with van der Waals surface area (Å²) in [4.78, 5) is 14.9. The van der Waals surface area contributed by atoms with Crippen LogP contribution in [0.3, 0.4) is 0 Å². The highest BCUT2D eigenvalue weighted by Gasteiger charge is 2.12. The second-order valence-electron chi connectivity index (χ2n) is 5.71. The smallest absolute Gasteiger partial charge is 0.387 e. The fraction of sp³-hybridized carbons (Fsp3) is 0.438. The molecule has 2 rings (SSSR count). The second-order valence-corrected chi connectivity index (χ2v) is 5.71. The number of hydrogen-bond donors (Lipinski definition) is 1. The molecule has 1 N–H and O–H groups in total. The lowest BCUT2D eigenvalue weighted by Gasteiger charge is -2.15. The molecule has 130 valence electrons. The Morgan fingerprint density at radius 1 is 1.12 bits per heavy atom. The van der Waals surface area contributed by atoms with Gasteiger partial charge in [-0.2, -0.15) is 23.7 Å². The van der Waals surface area contributed by atoms with Crippen molar-refractivity contribution < 1.29 is 13.5 Å². The number of alkyl halides is 2. The zero-order valence-electron chi connectivity index (χ0n) is 14.1. The van der Waals surface area contributed by atoms with Crippen LogP contribution in [0.1, 0.15) is 31.2 Å². The number of para-hydroxylation sites is 1. The summed E-state index contributed by atoms with van der Waals surface area (Å²) in [5.74, 6) is 1.86. The van der Waals surface area contributed by atoms with Crippen LogP contribution < -0.4 is 15.0 Å². The molecule has 8 heteroatoms. The maximum absolute atomic E-state index is 12.5. The number of nitrogens with zero attached hydrogens (tertiary/aromatic N) is 4. The molecule has 0 aliphatic rings. The van der Waals surface area contributed by atoms with Gasteiger partial charge in [0, 0.05) is 32.1 Å². The molecule has 2 aromatic rings. The van der Waals surface area contributed by atoms with Crippen molar-refractivity contribution in [2.24, 2.45) is 0 Å². The minimum atomic E-state index is -2.86. The molecule has 0 amide bonds. The first-order valence-corrected chi connectivity index (χ1v) is 7.56. The molecule has 0 aliphatic carbocycles. The van der Waals surface area contributed by atoms with Gasteiger partial charge in [-0.1, -0.05) is 32.0 Å². The van der Waals surface area contributed by atoms with E-state index in [0.29, 0.717) is 23.3 Å². The van der Waals surface area contributed by atoms with Gasteiger partial charge in [0.15, 0.2) is 0 Å². The average Bonchev–Trinajstić information content (AvgIpc) is 2.53. The van der Waals surface area contributed by atoms with Crippen molar-refractivity contribution in [3.05, 3.63) is 35.7 Å². The summed E-state index contributed by atoms with van der Waals surface area (Å²) < 4.78 is 29.5. The van der Waals surface area contributed by atoms with E-state index in [-0.39, 0.29) is 18.2 Å². The Bertz CT molecular complexity index is 653. The lowest BCUT2D eigenvalue weighted by Crippen LogP contribution is -2.17. The highest BCUT2D eigenvalue weighted by molar-refractivity contribution is 5.40. The van der Waals surface area contributed by atoms with Crippen molar-refractivity contribution in [1.29, 1.82) is 0 Å². The van der Waals surface area contributed by atoms with Gasteiger partial charge in [0.1, 0.15) is 11.6 Å². The minimum Gasteiger partial charge on any atom is -0.434 e. The van der Waals surface area contributed by atoms with Crippen LogP contribution >= 0.6 is 0 Å². The Kier molecular flexibility index (Phi) is 5.83. The maximum atomic E-state index is 12.5. The Hall–Kier alpha value is -2.51. The summed E-state index contributed by atoms with van der Waals surface area (Å²) in [5, 5.41) is 3.05. The molecule has 1 aromatic heterocycles. The normalized spacial score (nSPS) is 11.0. The van der Waals surface area contributed by atoms with Gasteiger partial charge < -0.3 is 15.0 Å². The molecular formula is C16H21F2N5O. The number of nitrogens with one attached hydrogen (secondary N) is 1. The van der Waals surface area contributed by atoms with Gasteiger partial charge in [-0.3, -0.25) is 0 Å². The van der Waals surface area contributed by atoms with Crippen LogP contribution in [-0.2, 0) is 6.54 Å². The van der Waals surface area contributed by atoms with E-state index in [9.17, 15) is 8.78 Å². The van der Waals surface area contributed by atoms with E-state index in [1.54, 1.807) is 23.1 Å². The largest absolute Gasteiger partial charge is 0.434 e. The molecule has 0 saturated carbocycles. The summed E-state index contributed by atoms with van der Waals surface area (Å²) >= 11 is 0. The Morgan fingerprint density at radius 3 is 2.46 bits per heavy atom. The van der Waals surface area contributed by atoms with Crippen molar-refractivity contribution >= 4 is 11.9 Å². The number of rotatable bonds is 7. The minimum absolute atomic E-state index is 0.131. The van der Waals surface area contributed by atoms with Crippen molar-refractivity contribution in [2.75, 3.05) is 24.3 Å². The molecule has 0 fully saturated rings. The standard InChI is InChI=1S/C16H21F2N5O/c1-10(2)13-20-15(22-16(21-13)23(3)4)19-9-11-7-5-6-8-12(11)24-14(17)18/h5-8,10,14H,9H2,1-4H3,(H,19,20,21,22). The third-order valence-corrected chi connectivity index (χ3v) is 3.18.